The molecule has 0 aliphatic carbocycles. The zero-order valence-corrected chi connectivity index (χ0v) is 11.5. The van der Waals surface area contributed by atoms with Crippen LogP contribution in [0.2, 0.25) is 0 Å². The molecule has 1 aromatic rings. The van der Waals surface area contributed by atoms with Crippen LogP contribution in [0, 0.1) is 0 Å². The molecule has 3 nitrogen and oxygen atoms in total. The van der Waals surface area contributed by atoms with Gasteiger partial charge in [-0.3, -0.25) is 0 Å². The Balaban J connectivity index is 2.01. The predicted octanol–water partition coefficient (Wildman–Crippen LogP) is 2.49. The molecule has 0 radical (unpaired) electrons. The van der Waals surface area contributed by atoms with Gasteiger partial charge < -0.3 is 14.8 Å². The number of benzene rings is 1. The number of methoxy groups -OCH3 is 1. The second-order valence-corrected chi connectivity index (χ2v) is 5.24. The summed E-state index contributed by atoms with van der Waals surface area (Å²) >= 11 is 0. The van der Waals surface area contributed by atoms with Crippen LogP contribution >= 0.6 is 0 Å². The third-order valence-electron chi connectivity index (χ3n) is 3.99. The van der Waals surface area contributed by atoms with Crippen LogP contribution < -0.4 is 5.32 Å². The highest BCUT2D eigenvalue weighted by Crippen LogP contribution is 2.25. The fraction of sp³-hybridized carbons (Fsp3) is 0.600. The van der Waals surface area contributed by atoms with Crippen molar-refractivity contribution < 1.29 is 9.47 Å². The monoisotopic (exact) mass is 249 g/mol. The zero-order chi connectivity index (χ0) is 13.0. The Kier molecular flexibility index (Phi) is 4.38. The summed E-state index contributed by atoms with van der Waals surface area (Å²) in [5, 5.41) is 3.64. The standard InChI is InChI=1S/C15H23NO2/c1-12-15(2,8-9-18-12)16-10-13-6-4-5-7-14(13)11-17-3/h4-7,12,16H,8-11H2,1-3H3. The largest absolute Gasteiger partial charge is 0.380 e. The molecule has 0 bridgehead atoms. The van der Waals surface area contributed by atoms with E-state index in [1.807, 2.05) is 0 Å². The van der Waals surface area contributed by atoms with E-state index in [-0.39, 0.29) is 11.6 Å². The fourth-order valence-corrected chi connectivity index (χ4v) is 2.39. The van der Waals surface area contributed by atoms with Gasteiger partial charge in [0.25, 0.3) is 0 Å². The van der Waals surface area contributed by atoms with Gasteiger partial charge in [0.05, 0.1) is 12.7 Å². The van der Waals surface area contributed by atoms with Gasteiger partial charge >= 0.3 is 0 Å². The van der Waals surface area contributed by atoms with Gasteiger partial charge in [-0.25, -0.2) is 0 Å². The van der Waals surface area contributed by atoms with Crippen LogP contribution in [0.15, 0.2) is 24.3 Å². The highest BCUT2D eigenvalue weighted by Gasteiger charge is 2.36. The first-order chi connectivity index (χ1) is 8.65. The van der Waals surface area contributed by atoms with Crippen molar-refractivity contribution in [3.8, 4) is 0 Å². The molecule has 18 heavy (non-hydrogen) atoms. The van der Waals surface area contributed by atoms with Crippen LogP contribution in [0.1, 0.15) is 31.4 Å². The molecule has 0 saturated carbocycles. The van der Waals surface area contributed by atoms with Crippen molar-refractivity contribution in [3.63, 3.8) is 0 Å². The minimum atomic E-state index is 0.0835. The summed E-state index contributed by atoms with van der Waals surface area (Å²) in [6.07, 6.45) is 1.34. The van der Waals surface area contributed by atoms with Crippen LogP contribution in [0.25, 0.3) is 0 Å². The molecule has 1 saturated heterocycles. The lowest BCUT2D eigenvalue weighted by Crippen LogP contribution is -2.47. The van der Waals surface area contributed by atoms with E-state index in [9.17, 15) is 0 Å². The quantitative estimate of drug-likeness (QED) is 0.869. The summed E-state index contributed by atoms with van der Waals surface area (Å²) in [5.41, 5.74) is 2.64. The summed E-state index contributed by atoms with van der Waals surface area (Å²) in [4.78, 5) is 0. The molecule has 1 aromatic carbocycles. The number of rotatable bonds is 5. The van der Waals surface area contributed by atoms with Crippen LogP contribution in [0.5, 0.6) is 0 Å². The fourth-order valence-electron chi connectivity index (χ4n) is 2.39. The molecule has 2 atom stereocenters. The Bertz CT molecular complexity index is 394. The van der Waals surface area contributed by atoms with Crippen molar-refractivity contribution in [2.45, 2.75) is 45.1 Å². The molecular formula is C15H23NO2. The molecule has 1 fully saturated rings. The van der Waals surface area contributed by atoms with Crippen LogP contribution in [-0.2, 0) is 22.6 Å². The molecule has 0 aromatic heterocycles. The van der Waals surface area contributed by atoms with E-state index < -0.39 is 0 Å². The summed E-state index contributed by atoms with van der Waals surface area (Å²) in [7, 11) is 1.73. The van der Waals surface area contributed by atoms with E-state index in [1.165, 1.54) is 11.1 Å². The molecule has 0 spiro atoms. The molecule has 0 amide bonds. The summed E-state index contributed by atoms with van der Waals surface area (Å²) in [5.74, 6) is 0. The molecule has 1 aliphatic rings. The van der Waals surface area contributed by atoms with E-state index >= 15 is 0 Å². The Morgan fingerprint density at radius 2 is 2.11 bits per heavy atom. The minimum Gasteiger partial charge on any atom is -0.380 e. The van der Waals surface area contributed by atoms with Crippen LogP contribution in [0.4, 0.5) is 0 Å². The third kappa shape index (κ3) is 2.91. The molecule has 2 rings (SSSR count). The van der Waals surface area contributed by atoms with Gasteiger partial charge in [0, 0.05) is 25.8 Å². The number of ether oxygens (including phenoxy) is 2. The van der Waals surface area contributed by atoms with E-state index in [2.05, 4.69) is 43.4 Å². The van der Waals surface area contributed by atoms with E-state index in [0.29, 0.717) is 6.61 Å². The maximum Gasteiger partial charge on any atom is 0.0726 e. The lowest BCUT2D eigenvalue weighted by atomic mass is 9.94. The Labute approximate surface area is 109 Å². The van der Waals surface area contributed by atoms with Crippen molar-refractivity contribution in [1.82, 2.24) is 5.32 Å². The first kappa shape index (κ1) is 13.5. The van der Waals surface area contributed by atoms with Crippen molar-refractivity contribution in [1.29, 1.82) is 0 Å². The van der Waals surface area contributed by atoms with Crippen molar-refractivity contribution >= 4 is 0 Å². The maximum absolute atomic E-state index is 5.65. The van der Waals surface area contributed by atoms with Gasteiger partial charge in [0.15, 0.2) is 0 Å². The lowest BCUT2D eigenvalue weighted by Gasteiger charge is -2.29. The van der Waals surface area contributed by atoms with E-state index in [4.69, 9.17) is 9.47 Å². The topological polar surface area (TPSA) is 30.5 Å². The van der Waals surface area contributed by atoms with Gasteiger partial charge in [-0.15, -0.1) is 0 Å². The summed E-state index contributed by atoms with van der Waals surface area (Å²) in [6.45, 7) is 6.76. The highest BCUT2D eigenvalue weighted by atomic mass is 16.5. The van der Waals surface area contributed by atoms with Gasteiger partial charge in [-0.2, -0.15) is 0 Å². The normalized spacial score (nSPS) is 27.6. The Morgan fingerprint density at radius 1 is 1.39 bits per heavy atom. The zero-order valence-electron chi connectivity index (χ0n) is 11.5. The summed E-state index contributed by atoms with van der Waals surface area (Å²) in [6, 6.07) is 8.41. The smallest absolute Gasteiger partial charge is 0.0726 e. The summed E-state index contributed by atoms with van der Waals surface area (Å²) < 4.78 is 10.9. The van der Waals surface area contributed by atoms with Crippen molar-refractivity contribution in [2.75, 3.05) is 13.7 Å². The SMILES string of the molecule is COCc1ccccc1CNC1(C)CCOC1C. The van der Waals surface area contributed by atoms with Crippen LogP contribution in [0.3, 0.4) is 0 Å². The minimum absolute atomic E-state index is 0.0835. The van der Waals surface area contributed by atoms with Gasteiger partial charge in [-0.1, -0.05) is 24.3 Å². The van der Waals surface area contributed by atoms with Gasteiger partial charge in [0.2, 0.25) is 0 Å². The van der Waals surface area contributed by atoms with E-state index in [1.54, 1.807) is 7.11 Å². The van der Waals surface area contributed by atoms with Gasteiger partial charge in [0.1, 0.15) is 0 Å². The predicted molar refractivity (Wildman–Crippen MR) is 72.4 cm³/mol. The van der Waals surface area contributed by atoms with Crippen LogP contribution in [-0.4, -0.2) is 25.4 Å². The Morgan fingerprint density at radius 3 is 2.72 bits per heavy atom. The third-order valence-corrected chi connectivity index (χ3v) is 3.99. The molecule has 1 aliphatic heterocycles. The first-order valence-corrected chi connectivity index (χ1v) is 6.58. The number of nitrogens with one attached hydrogen (secondary N) is 1. The van der Waals surface area contributed by atoms with Crippen molar-refractivity contribution in [3.05, 3.63) is 35.4 Å². The molecule has 3 heteroatoms. The average Bonchev–Trinajstić information content (AvgIpc) is 2.70. The average molecular weight is 249 g/mol. The first-order valence-electron chi connectivity index (χ1n) is 6.58. The maximum atomic E-state index is 5.65. The lowest BCUT2D eigenvalue weighted by molar-refractivity contribution is 0.0880. The van der Waals surface area contributed by atoms with Gasteiger partial charge in [-0.05, 0) is 31.4 Å². The Hall–Kier alpha value is -0.900. The number of hydrogen-bond donors (Lipinski definition) is 1. The van der Waals surface area contributed by atoms with E-state index in [0.717, 1.165) is 19.6 Å². The molecule has 1 N–H and O–H groups in total. The molecule has 100 valence electrons. The molecule has 2 unspecified atom stereocenters. The second-order valence-electron chi connectivity index (χ2n) is 5.24. The van der Waals surface area contributed by atoms with Crippen molar-refractivity contribution in [2.24, 2.45) is 0 Å². The molecular weight excluding hydrogens is 226 g/mol. The highest BCUT2D eigenvalue weighted by molar-refractivity contribution is 5.26. The second kappa shape index (κ2) is 5.83. The molecule has 1 heterocycles. The number of hydrogen-bond acceptors (Lipinski definition) is 3.